The zero-order chi connectivity index (χ0) is 20.0. The van der Waals surface area contributed by atoms with E-state index < -0.39 is 0 Å². The lowest BCUT2D eigenvalue weighted by atomic mass is 9.68. The molecule has 0 unspecified atom stereocenters. The minimum absolute atomic E-state index is 0.233. The zero-order valence-electron chi connectivity index (χ0n) is 17.9. The topological polar surface area (TPSA) is 35.1 Å². The van der Waals surface area contributed by atoms with Crippen molar-refractivity contribution in [3.63, 3.8) is 0 Å². The molecule has 0 bridgehead atoms. The predicted octanol–water partition coefficient (Wildman–Crippen LogP) is 4.23. The van der Waals surface area contributed by atoms with Gasteiger partial charge in [0.25, 0.3) is 0 Å². The van der Waals surface area contributed by atoms with Gasteiger partial charge in [0.2, 0.25) is 0 Å². The Bertz CT molecular complexity index is 723. The van der Waals surface area contributed by atoms with Crippen molar-refractivity contribution in [3.05, 3.63) is 65.2 Å². The second-order valence-electron chi connectivity index (χ2n) is 8.63. The molecule has 152 valence electrons. The largest absolute Gasteiger partial charge is 0.497 e. The summed E-state index contributed by atoms with van der Waals surface area (Å²) in [5.41, 5.74) is 4.40. The SMILES string of the molecule is COc1ccc(C[NH2+]CC[C@]2(c3ccc(C)cc3)CCO[C@H](C(C)C)C2)cc1. The minimum Gasteiger partial charge on any atom is -0.497 e. The number of hydrogen-bond donors (Lipinski definition) is 1. The molecule has 0 radical (unpaired) electrons. The Kier molecular flexibility index (Phi) is 7.14. The molecule has 28 heavy (non-hydrogen) atoms. The van der Waals surface area contributed by atoms with Gasteiger partial charge >= 0.3 is 0 Å². The van der Waals surface area contributed by atoms with Crippen LogP contribution in [0.2, 0.25) is 0 Å². The van der Waals surface area contributed by atoms with E-state index in [9.17, 15) is 0 Å². The number of nitrogens with two attached hydrogens (primary N) is 1. The lowest BCUT2D eigenvalue weighted by Gasteiger charge is -2.42. The smallest absolute Gasteiger partial charge is 0.118 e. The summed E-state index contributed by atoms with van der Waals surface area (Å²) in [5, 5.41) is 2.44. The number of rotatable bonds is 8. The van der Waals surface area contributed by atoms with Crippen molar-refractivity contribution in [2.24, 2.45) is 5.92 Å². The fraction of sp³-hybridized carbons (Fsp3) is 0.520. The normalized spacial score (nSPS) is 22.4. The highest BCUT2D eigenvalue weighted by Gasteiger charge is 2.39. The highest BCUT2D eigenvalue weighted by atomic mass is 16.5. The van der Waals surface area contributed by atoms with Gasteiger partial charge in [-0.2, -0.15) is 0 Å². The maximum absolute atomic E-state index is 6.12. The molecule has 1 fully saturated rings. The molecule has 0 aromatic heterocycles. The van der Waals surface area contributed by atoms with Gasteiger partial charge in [0.1, 0.15) is 12.3 Å². The van der Waals surface area contributed by atoms with Gasteiger partial charge in [0, 0.05) is 24.0 Å². The van der Waals surface area contributed by atoms with Gasteiger partial charge in [-0.1, -0.05) is 43.7 Å². The van der Waals surface area contributed by atoms with Crippen LogP contribution in [0, 0.1) is 12.8 Å². The van der Waals surface area contributed by atoms with E-state index in [4.69, 9.17) is 9.47 Å². The highest BCUT2D eigenvalue weighted by Crippen LogP contribution is 2.41. The molecular weight excluding hydrogens is 346 g/mol. The molecule has 1 saturated heterocycles. The van der Waals surface area contributed by atoms with Crippen LogP contribution in [0.4, 0.5) is 0 Å². The van der Waals surface area contributed by atoms with Gasteiger partial charge in [-0.15, -0.1) is 0 Å². The average Bonchev–Trinajstić information content (AvgIpc) is 2.72. The fourth-order valence-corrected chi connectivity index (χ4v) is 4.33. The number of benzene rings is 2. The molecule has 3 rings (SSSR count). The Morgan fingerprint density at radius 3 is 2.46 bits per heavy atom. The first-order chi connectivity index (χ1) is 13.5. The molecule has 0 saturated carbocycles. The second-order valence-corrected chi connectivity index (χ2v) is 8.63. The van der Waals surface area contributed by atoms with Gasteiger partial charge in [-0.05, 0) is 55.5 Å². The van der Waals surface area contributed by atoms with Crippen molar-refractivity contribution >= 4 is 0 Å². The molecule has 1 heterocycles. The van der Waals surface area contributed by atoms with E-state index in [1.54, 1.807) is 7.11 Å². The predicted molar refractivity (Wildman–Crippen MR) is 115 cm³/mol. The summed E-state index contributed by atoms with van der Waals surface area (Å²) in [4.78, 5) is 0. The molecule has 2 aromatic rings. The Morgan fingerprint density at radius 2 is 1.82 bits per heavy atom. The molecule has 0 aliphatic carbocycles. The molecule has 2 atom stereocenters. The van der Waals surface area contributed by atoms with Gasteiger partial charge in [-0.3, -0.25) is 0 Å². The van der Waals surface area contributed by atoms with Crippen molar-refractivity contribution in [1.29, 1.82) is 0 Å². The van der Waals surface area contributed by atoms with E-state index in [0.29, 0.717) is 12.0 Å². The minimum atomic E-state index is 0.233. The maximum Gasteiger partial charge on any atom is 0.118 e. The summed E-state index contributed by atoms with van der Waals surface area (Å²) in [7, 11) is 1.71. The van der Waals surface area contributed by atoms with Gasteiger partial charge < -0.3 is 14.8 Å². The van der Waals surface area contributed by atoms with Crippen LogP contribution in [0.1, 0.15) is 49.8 Å². The van der Waals surface area contributed by atoms with Crippen LogP contribution in [-0.4, -0.2) is 26.4 Å². The van der Waals surface area contributed by atoms with Crippen LogP contribution in [0.25, 0.3) is 0 Å². The Morgan fingerprint density at radius 1 is 1.11 bits per heavy atom. The first-order valence-corrected chi connectivity index (χ1v) is 10.7. The molecular formula is C25H36NO2+. The van der Waals surface area contributed by atoms with E-state index in [0.717, 1.165) is 38.3 Å². The average molecular weight is 383 g/mol. The van der Waals surface area contributed by atoms with Crippen molar-refractivity contribution in [2.75, 3.05) is 20.3 Å². The fourth-order valence-electron chi connectivity index (χ4n) is 4.33. The summed E-state index contributed by atoms with van der Waals surface area (Å²) in [6, 6.07) is 17.6. The second kappa shape index (κ2) is 9.58. The quantitative estimate of drug-likeness (QED) is 0.694. The van der Waals surface area contributed by atoms with Crippen LogP contribution < -0.4 is 10.1 Å². The molecule has 0 amide bonds. The van der Waals surface area contributed by atoms with E-state index >= 15 is 0 Å². The van der Waals surface area contributed by atoms with Gasteiger partial charge in [0.15, 0.2) is 0 Å². The molecule has 0 spiro atoms. The van der Waals surface area contributed by atoms with E-state index in [1.807, 2.05) is 12.1 Å². The highest BCUT2D eigenvalue weighted by molar-refractivity contribution is 5.30. The number of aryl methyl sites for hydroxylation is 1. The first kappa shape index (κ1) is 20.9. The summed E-state index contributed by atoms with van der Waals surface area (Å²) < 4.78 is 11.4. The molecule has 1 aliphatic rings. The summed E-state index contributed by atoms with van der Waals surface area (Å²) in [6.45, 7) is 9.75. The third kappa shape index (κ3) is 5.15. The summed E-state index contributed by atoms with van der Waals surface area (Å²) in [6.07, 6.45) is 3.80. The molecule has 1 aliphatic heterocycles. The lowest BCUT2D eigenvalue weighted by molar-refractivity contribution is -0.671. The van der Waals surface area contributed by atoms with Crippen LogP contribution >= 0.6 is 0 Å². The van der Waals surface area contributed by atoms with Crippen molar-refractivity contribution in [1.82, 2.24) is 0 Å². The zero-order valence-corrected chi connectivity index (χ0v) is 17.9. The maximum atomic E-state index is 6.12. The van der Waals surface area contributed by atoms with Crippen LogP contribution in [0.15, 0.2) is 48.5 Å². The third-order valence-corrected chi connectivity index (χ3v) is 6.28. The standard InChI is InChI=1S/C25H35NO2/c1-19(2)24-17-25(14-16-28-24,22-9-5-20(3)6-10-22)13-15-26-18-21-7-11-23(27-4)12-8-21/h5-12,19,24,26H,13-18H2,1-4H3/p+1/t24-,25-/m0/s1. The summed E-state index contributed by atoms with van der Waals surface area (Å²) >= 11 is 0. The summed E-state index contributed by atoms with van der Waals surface area (Å²) in [5.74, 6) is 1.48. The van der Waals surface area contributed by atoms with E-state index in [-0.39, 0.29) is 5.41 Å². The van der Waals surface area contributed by atoms with Crippen molar-refractivity contribution < 1.29 is 14.8 Å². The number of ether oxygens (including phenoxy) is 2. The van der Waals surface area contributed by atoms with Gasteiger partial charge in [0.05, 0.1) is 19.8 Å². The molecule has 3 nitrogen and oxygen atoms in total. The van der Waals surface area contributed by atoms with Crippen LogP contribution in [-0.2, 0) is 16.7 Å². The Labute approximate surface area is 170 Å². The van der Waals surface area contributed by atoms with Crippen LogP contribution in [0.5, 0.6) is 5.75 Å². The van der Waals surface area contributed by atoms with Crippen molar-refractivity contribution in [3.8, 4) is 5.75 Å². The van der Waals surface area contributed by atoms with E-state index in [2.05, 4.69) is 62.5 Å². The molecule has 3 heteroatoms. The molecule has 2 aromatic carbocycles. The third-order valence-electron chi connectivity index (χ3n) is 6.28. The Hall–Kier alpha value is -1.84. The first-order valence-electron chi connectivity index (χ1n) is 10.7. The monoisotopic (exact) mass is 382 g/mol. The number of quaternary nitrogens is 1. The van der Waals surface area contributed by atoms with E-state index in [1.165, 1.54) is 23.1 Å². The van der Waals surface area contributed by atoms with Crippen LogP contribution in [0.3, 0.4) is 0 Å². The lowest BCUT2D eigenvalue weighted by Crippen LogP contribution is -2.83. The molecule has 2 N–H and O–H groups in total. The van der Waals surface area contributed by atoms with Gasteiger partial charge in [-0.25, -0.2) is 0 Å². The number of methoxy groups -OCH3 is 1. The number of hydrogen-bond acceptors (Lipinski definition) is 2. The Balaban J connectivity index is 1.66. The van der Waals surface area contributed by atoms with Crippen molar-refractivity contribution in [2.45, 2.75) is 58.1 Å².